The predicted octanol–water partition coefficient (Wildman–Crippen LogP) is 5.09. The Bertz CT molecular complexity index is 1050. The van der Waals surface area contributed by atoms with E-state index in [1.165, 1.54) is 0 Å². The molecule has 0 saturated heterocycles. The molecule has 1 N–H and O–H groups in total. The lowest BCUT2D eigenvalue weighted by atomic mass is 10.0. The molecule has 0 aromatic heterocycles. The van der Waals surface area contributed by atoms with Crippen LogP contribution in [-0.2, 0) is 11.3 Å². The molecule has 0 saturated carbocycles. The monoisotopic (exact) mass is 434 g/mol. The molecule has 28 heavy (non-hydrogen) atoms. The lowest BCUT2D eigenvalue weighted by Gasteiger charge is -2.27. The number of benzene rings is 3. The minimum absolute atomic E-state index is 0.119. The molecule has 3 aromatic rings. The summed E-state index contributed by atoms with van der Waals surface area (Å²) < 4.78 is 0.982. The number of carbonyl (C=O) groups is 2. The number of hydrogen-bond acceptors (Lipinski definition) is 2. The lowest BCUT2D eigenvalue weighted by molar-refractivity contribution is -0.120. The van der Waals surface area contributed by atoms with Crippen LogP contribution in [0.15, 0.2) is 77.3 Å². The van der Waals surface area contributed by atoms with Gasteiger partial charge < -0.3 is 10.2 Å². The van der Waals surface area contributed by atoms with Gasteiger partial charge in [0, 0.05) is 22.3 Å². The zero-order chi connectivity index (χ0) is 19.7. The molecule has 4 rings (SSSR count). The van der Waals surface area contributed by atoms with E-state index < -0.39 is 6.04 Å². The molecule has 0 unspecified atom stereocenters. The third-order valence-electron chi connectivity index (χ3n) is 4.95. The molecule has 4 nitrogen and oxygen atoms in total. The number of halogens is 1. The molecule has 0 bridgehead atoms. The summed E-state index contributed by atoms with van der Waals surface area (Å²) in [4.78, 5) is 27.9. The van der Waals surface area contributed by atoms with Crippen LogP contribution in [0.2, 0.25) is 0 Å². The van der Waals surface area contributed by atoms with Gasteiger partial charge >= 0.3 is 0 Å². The molecule has 1 aliphatic rings. The first-order valence-electron chi connectivity index (χ1n) is 9.05. The summed E-state index contributed by atoms with van der Waals surface area (Å²) in [6.45, 7) is 2.39. The summed E-state index contributed by atoms with van der Waals surface area (Å²) in [7, 11) is 0. The summed E-state index contributed by atoms with van der Waals surface area (Å²) in [5.41, 5.74) is 4.13. The van der Waals surface area contributed by atoms with Crippen molar-refractivity contribution in [2.45, 2.75) is 19.5 Å². The number of carbonyl (C=O) groups excluding carboxylic acids is 2. The van der Waals surface area contributed by atoms with E-state index in [2.05, 4.69) is 21.2 Å². The van der Waals surface area contributed by atoms with E-state index in [1.54, 1.807) is 4.90 Å². The van der Waals surface area contributed by atoms with Gasteiger partial charge in [-0.3, -0.25) is 9.59 Å². The molecule has 0 aliphatic carbocycles. The van der Waals surface area contributed by atoms with Crippen molar-refractivity contribution < 1.29 is 9.59 Å². The van der Waals surface area contributed by atoms with Crippen molar-refractivity contribution in [3.63, 3.8) is 0 Å². The Morgan fingerprint density at radius 2 is 1.75 bits per heavy atom. The maximum atomic E-state index is 13.3. The number of fused-ring (bicyclic) bond motifs is 1. The Morgan fingerprint density at radius 3 is 2.46 bits per heavy atom. The summed E-state index contributed by atoms with van der Waals surface area (Å²) in [5, 5.41) is 2.98. The summed E-state index contributed by atoms with van der Waals surface area (Å²) >= 11 is 3.47. The molecule has 1 heterocycles. The number of amides is 2. The highest BCUT2D eigenvalue weighted by molar-refractivity contribution is 9.10. The number of hydrogen-bond donors (Lipinski definition) is 1. The molecule has 0 spiro atoms. The van der Waals surface area contributed by atoms with Crippen LogP contribution in [0.25, 0.3) is 0 Å². The number of nitrogens with one attached hydrogen (secondary N) is 1. The van der Waals surface area contributed by atoms with Crippen LogP contribution in [-0.4, -0.2) is 16.7 Å². The SMILES string of the molecule is Cc1cc(NC(=O)[C@H](c2ccccc2)N2Cc3ccccc3C2=O)ccc1Br. The van der Waals surface area contributed by atoms with Crippen molar-refractivity contribution in [1.82, 2.24) is 4.90 Å². The van der Waals surface area contributed by atoms with E-state index in [0.717, 1.165) is 21.2 Å². The Kier molecular flexibility index (Phi) is 5.01. The normalized spacial score (nSPS) is 13.9. The highest BCUT2D eigenvalue weighted by atomic mass is 79.9. The highest BCUT2D eigenvalue weighted by Crippen LogP contribution is 2.32. The minimum atomic E-state index is -0.704. The van der Waals surface area contributed by atoms with Gasteiger partial charge in [-0.1, -0.05) is 64.5 Å². The van der Waals surface area contributed by atoms with Crippen LogP contribution in [0.4, 0.5) is 5.69 Å². The Morgan fingerprint density at radius 1 is 1.04 bits per heavy atom. The number of nitrogens with zero attached hydrogens (tertiary/aromatic N) is 1. The van der Waals surface area contributed by atoms with Crippen molar-refractivity contribution in [2.24, 2.45) is 0 Å². The Hall–Kier alpha value is -2.92. The average Bonchev–Trinajstić information content (AvgIpc) is 3.02. The zero-order valence-electron chi connectivity index (χ0n) is 15.4. The molecule has 0 radical (unpaired) electrons. The molecule has 1 atom stereocenters. The van der Waals surface area contributed by atoms with Crippen LogP contribution >= 0.6 is 15.9 Å². The summed E-state index contributed by atoms with van der Waals surface area (Å²) in [6, 6.07) is 21.9. The van der Waals surface area contributed by atoms with E-state index in [1.807, 2.05) is 79.7 Å². The van der Waals surface area contributed by atoms with Gasteiger partial charge in [0.2, 0.25) is 0 Å². The third kappa shape index (κ3) is 3.45. The predicted molar refractivity (Wildman–Crippen MR) is 113 cm³/mol. The van der Waals surface area contributed by atoms with Crippen molar-refractivity contribution in [3.8, 4) is 0 Å². The fraction of sp³-hybridized carbons (Fsp3) is 0.130. The van der Waals surface area contributed by atoms with Crippen LogP contribution in [0.1, 0.15) is 33.1 Å². The van der Waals surface area contributed by atoms with Gasteiger partial charge in [0.25, 0.3) is 11.8 Å². The van der Waals surface area contributed by atoms with Crippen molar-refractivity contribution in [3.05, 3.63) is 99.5 Å². The molecule has 0 fully saturated rings. The second kappa shape index (κ2) is 7.60. The highest BCUT2D eigenvalue weighted by Gasteiger charge is 2.37. The third-order valence-corrected chi connectivity index (χ3v) is 5.84. The first-order valence-corrected chi connectivity index (χ1v) is 9.85. The van der Waals surface area contributed by atoms with Crippen molar-refractivity contribution >= 4 is 33.4 Å². The molecular weight excluding hydrogens is 416 g/mol. The molecule has 2 amide bonds. The van der Waals surface area contributed by atoms with Crippen LogP contribution in [0.3, 0.4) is 0 Å². The zero-order valence-corrected chi connectivity index (χ0v) is 16.9. The minimum Gasteiger partial charge on any atom is -0.324 e. The number of aryl methyl sites for hydroxylation is 1. The first-order chi connectivity index (χ1) is 13.5. The standard InChI is InChI=1S/C23H19BrN2O2/c1-15-13-18(11-12-20(15)24)25-22(27)21(16-7-3-2-4-8-16)26-14-17-9-5-6-10-19(17)23(26)28/h2-13,21H,14H2,1H3,(H,25,27)/t21-/m0/s1. The Balaban J connectivity index is 1.68. The summed E-state index contributed by atoms with van der Waals surface area (Å²) in [6.07, 6.45) is 0. The fourth-order valence-electron chi connectivity index (χ4n) is 3.53. The molecule has 3 aromatic carbocycles. The quantitative estimate of drug-likeness (QED) is 0.621. The maximum absolute atomic E-state index is 13.3. The largest absolute Gasteiger partial charge is 0.324 e. The van der Waals surface area contributed by atoms with Gasteiger partial charge in [0.15, 0.2) is 0 Å². The average molecular weight is 435 g/mol. The van der Waals surface area contributed by atoms with Gasteiger partial charge in [-0.15, -0.1) is 0 Å². The number of rotatable bonds is 4. The van der Waals surface area contributed by atoms with E-state index in [-0.39, 0.29) is 11.8 Å². The van der Waals surface area contributed by atoms with Crippen molar-refractivity contribution in [1.29, 1.82) is 0 Å². The van der Waals surface area contributed by atoms with Gasteiger partial charge in [-0.2, -0.15) is 0 Å². The molecular formula is C23H19BrN2O2. The number of anilines is 1. The smallest absolute Gasteiger partial charge is 0.255 e. The second-order valence-electron chi connectivity index (χ2n) is 6.86. The van der Waals surface area contributed by atoms with E-state index in [0.29, 0.717) is 17.8 Å². The van der Waals surface area contributed by atoms with Crippen LogP contribution in [0, 0.1) is 6.92 Å². The van der Waals surface area contributed by atoms with Crippen LogP contribution in [0.5, 0.6) is 0 Å². The van der Waals surface area contributed by atoms with Gasteiger partial charge in [0.05, 0.1) is 0 Å². The topological polar surface area (TPSA) is 49.4 Å². The fourth-order valence-corrected chi connectivity index (χ4v) is 3.77. The molecule has 140 valence electrons. The lowest BCUT2D eigenvalue weighted by Crippen LogP contribution is -2.37. The van der Waals surface area contributed by atoms with E-state index >= 15 is 0 Å². The van der Waals surface area contributed by atoms with Crippen LogP contribution < -0.4 is 5.32 Å². The Labute approximate surface area is 172 Å². The van der Waals surface area contributed by atoms with E-state index in [4.69, 9.17) is 0 Å². The van der Waals surface area contributed by atoms with Gasteiger partial charge in [0.1, 0.15) is 6.04 Å². The molecule has 1 aliphatic heterocycles. The molecule has 5 heteroatoms. The van der Waals surface area contributed by atoms with E-state index in [9.17, 15) is 9.59 Å². The van der Waals surface area contributed by atoms with Crippen molar-refractivity contribution in [2.75, 3.05) is 5.32 Å². The van der Waals surface area contributed by atoms with Gasteiger partial charge in [-0.05, 0) is 47.9 Å². The maximum Gasteiger partial charge on any atom is 0.255 e. The second-order valence-corrected chi connectivity index (χ2v) is 7.71. The van der Waals surface area contributed by atoms with Gasteiger partial charge in [-0.25, -0.2) is 0 Å². The summed E-state index contributed by atoms with van der Waals surface area (Å²) in [5.74, 6) is -0.347. The first kappa shape index (κ1) is 18.4.